The second kappa shape index (κ2) is 3.91. The van der Waals surface area contributed by atoms with Crippen LogP contribution in [-0.2, 0) is 7.05 Å². The van der Waals surface area contributed by atoms with Gasteiger partial charge in [0.05, 0.1) is 16.8 Å². The molecular formula is C12H12BrN5. The molecule has 0 unspecified atom stereocenters. The largest absolute Gasteiger partial charge is 0.336 e. The fourth-order valence-corrected chi connectivity index (χ4v) is 2.51. The van der Waals surface area contributed by atoms with Crippen molar-refractivity contribution in [2.75, 3.05) is 0 Å². The molecule has 0 saturated heterocycles. The zero-order valence-electron chi connectivity index (χ0n) is 10.3. The Kier molecular flexibility index (Phi) is 2.48. The van der Waals surface area contributed by atoms with Crippen LogP contribution in [0.3, 0.4) is 0 Å². The Morgan fingerprint density at radius 1 is 1.33 bits per heavy atom. The number of aromatic nitrogens is 5. The molecule has 3 aromatic heterocycles. The molecule has 0 amide bonds. The summed E-state index contributed by atoms with van der Waals surface area (Å²) in [5.41, 5.74) is 4.72. The minimum Gasteiger partial charge on any atom is -0.336 e. The lowest BCUT2D eigenvalue weighted by Crippen LogP contribution is -1.92. The standard InChI is InChI=1S/C12H12BrN5/c1-6-9(7(2)18(3)17-6)11-15-10-8(13)4-5-14-12(10)16-11/h4-5H,1-3H3,(H,14,15,16). The van der Waals surface area contributed by atoms with Gasteiger partial charge >= 0.3 is 0 Å². The summed E-state index contributed by atoms with van der Waals surface area (Å²) in [6.45, 7) is 4.02. The normalized spacial score (nSPS) is 11.3. The number of nitrogens with zero attached hydrogens (tertiary/aromatic N) is 4. The minimum atomic E-state index is 0.710. The van der Waals surface area contributed by atoms with Gasteiger partial charge < -0.3 is 4.98 Å². The van der Waals surface area contributed by atoms with E-state index in [-0.39, 0.29) is 0 Å². The third kappa shape index (κ3) is 1.56. The molecule has 3 heterocycles. The Hall–Kier alpha value is -1.69. The fraction of sp³-hybridized carbons (Fsp3) is 0.250. The van der Waals surface area contributed by atoms with Gasteiger partial charge in [-0.05, 0) is 35.8 Å². The molecule has 3 rings (SSSR count). The summed E-state index contributed by atoms with van der Waals surface area (Å²) < 4.78 is 2.82. The molecule has 0 spiro atoms. The monoisotopic (exact) mass is 305 g/mol. The van der Waals surface area contributed by atoms with E-state index in [1.165, 1.54) is 0 Å². The highest BCUT2D eigenvalue weighted by Crippen LogP contribution is 2.28. The molecule has 92 valence electrons. The summed E-state index contributed by atoms with van der Waals surface area (Å²) in [7, 11) is 1.93. The molecule has 18 heavy (non-hydrogen) atoms. The molecule has 0 aliphatic carbocycles. The maximum Gasteiger partial charge on any atom is 0.179 e. The minimum absolute atomic E-state index is 0.710. The van der Waals surface area contributed by atoms with Crippen LogP contribution in [0, 0.1) is 13.8 Å². The van der Waals surface area contributed by atoms with Crippen molar-refractivity contribution >= 4 is 27.1 Å². The van der Waals surface area contributed by atoms with Gasteiger partial charge in [0.1, 0.15) is 5.82 Å². The molecule has 5 nitrogen and oxygen atoms in total. The first-order valence-electron chi connectivity index (χ1n) is 5.58. The molecular weight excluding hydrogens is 294 g/mol. The van der Waals surface area contributed by atoms with E-state index < -0.39 is 0 Å². The molecule has 1 N–H and O–H groups in total. The second-order valence-corrected chi connectivity index (χ2v) is 5.10. The van der Waals surface area contributed by atoms with Crippen LogP contribution in [0.15, 0.2) is 16.7 Å². The predicted molar refractivity (Wildman–Crippen MR) is 73.3 cm³/mol. The number of rotatable bonds is 1. The van der Waals surface area contributed by atoms with E-state index in [0.717, 1.165) is 32.8 Å². The van der Waals surface area contributed by atoms with E-state index in [9.17, 15) is 0 Å². The zero-order chi connectivity index (χ0) is 12.9. The third-order valence-corrected chi connectivity index (χ3v) is 3.75. The number of halogens is 1. The highest BCUT2D eigenvalue weighted by atomic mass is 79.9. The van der Waals surface area contributed by atoms with Gasteiger partial charge in [-0.2, -0.15) is 5.10 Å². The van der Waals surface area contributed by atoms with Crippen molar-refractivity contribution in [1.29, 1.82) is 0 Å². The number of fused-ring (bicyclic) bond motifs is 1. The Labute approximate surface area is 112 Å². The Morgan fingerprint density at radius 2 is 2.11 bits per heavy atom. The number of pyridine rings is 1. The smallest absolute Gasteiger partial charge is 0.179 e. The predicted octanol–water partition coefficient (Wildman–Crippen LogP) is 2.74. The molecule has 0 aliphatic rings. The highest BCUT2D eigenvalue weighted by Gasteiger charge is 2.16. The average molecular weight is 306 g/mol. The molecule has 6 heteroatoms. The van der Waals surface area contributed by atoms with E-state index >= 15 is 0 Å². The molecule has 0 atom stereocenters. The number of aryl methyl sites for hydroxylation is 2. The zero-order valence-corrected chi connectivity index (χ0v) is 11.9. The van der Waals surface area contributed by atoms with E-state index in [1.807, 2.05) is 31.6 Å². The lowest BCUT2D eigenvalue weighted by Gasteiger charge is -1.96. The van der Waals surface area contributed by atoms with E-state index in [1.54, 1.807) is 6.20 Å². The summed E-state index contributed by atoms with van der Waals surface area (Å²) >= 11 is 3.49. The quantitative estimate of drug-likeness (QED) is 0.752. The van der Waals surface area contributed by atoms with Gasteiger partial charge in [0.15, 0.2) is 5.65 Å². The van der Waals surface area contributed by atoms with Gasteiger partial charge in [0.2, 0.25) is 0 Å². The van der Waals surface area contributed by atoms with Crippen molar-refractivity contribution in [3.05, 3.63) is 28.1 Å². The second-order valence-electron chi connectivity index (χ2n) is 4.25. The van der Waals surface area contributed by atoms with Gasteiger partial charge in [-0.1, -0.05) is 0 Å². The number of aromatic amines is 1. The van der Waals surface area contributed by atoms with Gasteiger partial charge in [0, 0.05) is 23.4 Å². The average Bonchev–Trinajstić information content (AvgIpc) is 2.83. The van der Waals surface area contributed by atoms with Crippen LogP contribution in [-0.4, -0.2) is 24.7 Å². The van der Waals surface area contributed by atoms with Gasteiger partial charge in [-0.25, -0.2) is 9.97 Å². The van der Waals surface area contributed by atoms with Crippen LogP contribution in [0.4, 0.5) is 0 Å². The maximum atomic E-state index is 4.53. The Morgan fingerprint density at radius 3 is 2.72 bits per heavy atom. The summed E-state index contributed by atoms with van der Waals surface area (Å²) in [5.74, 6) is 0.813. The van der Waals surface area contributed by atoms with E-state index in [4.69, 9.17) is 0 Å². The summed E-state index contributed by atoms with van der Waals surface area (Å²) in [5, 5.41) is 4.40. The number of hydrogen-bond acceptors (Lipinski definition) is 3. The summed E-state index contributed by atoms with van der Waals surface area (Å²) in [6, 6.07) is 1.90. The third-order valence-electron chi connectivity index (χ3n) is 3.09. The van der Waals surface area contributed by atoms with Crippen LogP contribution in [0.25, 0.3) is 22.6 Å². The molecule has 0 radical (unpaired) electrons. The maximum absolute atomic E-state index is 4.53. The topological polar surface area (TPSA) is 59.4 Å². The van der Waals surface area contributed by atoms with Crippen LogP contribution in [0.2, 0.25) is 0 Å². The van der Waals surface area contributed by atoms with Crippen LogP contribution >= 0.6 is 15.9 Å². The first kappa shape index (κ1) is 11.4. The van der Waals surface area contributed by atoms with Crippen molar-refractivity contribution in [2.24, 2.45) is 7.05 Å². The van der Waals surface area contributed by atoms with E-state index in [0.29, 0.717) is 5.65 Å². The SMILES string of the molecule is Cc1nn(C)c(C)c1-c1nc2nccc(Br)c2[nH]1. The highest BCUT2D eigenvalue weighted by molar-refractivity contribution is 9.10. The molecule has 0 aromatic carbocycles. The lowest BCUT2D eigenvalue weighted by atomic mass is 10.2. The first-order valence-corrected chi connectivity index (χ1v) is 6.38. The molecule has 3 aromatic rings. The van der Waals surface area contributed by atoms with Gasteiger partial charge in [-0.15, -0.1) is 0 Å². The van der Waals surface area contributed by atoms with Crippen molar-refractivity contribution in [1.82, 2.24) is 24.7 Å². The van der Waals surface area contributed by atoms with Crippen molar-refractivity contribution in [3.63, 3.8) is 0 Å². The van der Waals surface area contributed by atoms with E-state index in [2.05, 4.69) is 36.0 Å². The van der Waals surface area contributed by atoms with Crippen molar-refractivity contribution in [3.8, 4) is 11.4 Å². The Balaban J connectivity index is 2.29. The van der Waals surface area contributed by atoms with Crippen molar-refractivity contribution in [2.45, 2.75) is 13.8 Å². The summed E-state index contributed by atoms with van der Waals surface area (Å²) in [6.07, 6.45) is 1.74. The number of H-pyrrole nitrogens is 1. The molecule has 0 aliphatic heterocycles. The van der Waals surface area contributed by atoms with Crippen LogP contribution < -0.4 is 0 Å². The first-order chi connectivity index (χ1) is 8.58. The number of hydrogen-bond donors (Lipinski definition) is 1. The van der Waals surface area contributed by atoms with Crippen molar-refractivity contribution < 1.29 is 0 Å². The van der Waals surface area contributed by atoms with Crippen LogP contribution in [0.1, 0.15) is 11.4 Å². The van der Waals surface area contributed by atoms with Gasteiger partial charge in [-0.3, -0.25) is 4.68 Å². The molecule has 0 bridgehead atoms. The Bertz CT molecular complexity index is 740. The fourth-order valence-electron chi connectivity index (χ4n) is 2.12. The summed E-state index contributed by atoms with van der Waals surface area (Å²) in [4.78, 5) is 12.1. The van der Waals surface area contributed by atoms with Gasteiger partial charge in [0.25, 0.3) is 0 Å². The lowest BCUT2D eigenvalue weighted by molar-refractivity contribution is 0.731. The van der Waals surface area contributed by atoms with Crippen LogP contribution in [0.5, 0.6) is 0 Å². The number of imidazole rings is 1. The molecule has 0 fully saturated rings. The number of nitrogens with one attached hydrogen (secondary N) is 1. The molecule has 0 saturated carbocycles.